The van der Waals surface area contributed by atoms with Crippen molar-refractivity contribution in [1.29, 1.82) is 0 Å². The predicted octanol–water partition coefficient (Wildman–Crippen LogP) is -3.43. The number of hydrogen-bond donors (Lipinski definition) is 6. The molecule has 1 saturated carbocycles. The highest BCUT2D eigenvalue weighted by Gasteiger charge is 2.61. The third kappa shape index (κ3) is 1.60. The summed E-state index contributed by atoms with van der Waals surface area (Å²) in [5, 5.41) is 52.1. The van der Waals surface area contributed by atoms with Gasteiger partial charge in [0.25, 0.3) is 0 Å². The molecule has 0 saturated heterocycles. The summed E-state index contributed by atoms with van der Waals surface area (Å²) in [5.74, 6) is 0. The van der Waals surface area contributed by atoms with Crippen molar-refractivity contribution < 1.29 is 30.6 Å². The molecule has 84 valence electrons. The summed E-state index contributed by atoms with van der Waals surface area (Å²) in [6, 6.07) is 0. The molecular formula is C6H14O6P2. The van der Waals surface area contributed by atoms with Crippen LogP contribution in [0, 0.1) is 0 Å². The van der Waals surface area contributed by atoms with Gasteiger partial charge in [0.15, 0.2) is 0 Å². The minimum Gasteiger partial charge on any atom is -0.387 e. The normalized spacial score (nSPS) is 60.0. The van der Waals surface area contributed by atoms with E-state index in [0.29, 0.717) is 0 Å². The highest BCUT2D eigenvalue weighted by atomic mass is 31.0. The lowest BCUT2D eigenvalue weighted by atomic mass is 9.83. The second-order valence-electron chi connectivity index (χ2n) is 3.56. The molecule has 0 aliphatic heterocycles. The molecule has 0 amide bonds. The zero-order valence-electron chi connectivity index (χ0n) is 7.15. The molecule has 1 aliphatic carbocycles. The lowest BCUT2D eigenvalue weighted by molar-refractivity contribution is -0.248. The molecule has 0 aromatic rings. The van der Waals surface area contributed by atoms with E-state index in [2.05, 4.69) is 0 Å². The fourth-order valence-electron chi connectivity index (χ4n) is 1.41. The summed E-state index contributed by atoms with van der Waals surface area (Å²) >= 11 is 0. The standard InChI is InChI=1S/C6H14O6P2/c7-1-2(8)5(11,13)4(10)6(12,14)3(1)9/h1-4,7-12H,13-14H2/t1?,2-,3-,4?,5-,6+/m0/s1. The van der Waals surface area contributed by atoms with Crippen LogP contribution in [0.4, 0.5) is 0 Å². The molecule has 0 spiro atoms. The van der Waals surface area contributed by atoms with E-state index >= 15 is 0 Å². The van der Waals surface area contributed by atoms with Crippen LogP contribution >= 0.6 is 18.5 Å². The Labute approximate surface area is 85.0 Å². The largest absolute Gasteiger partial charge is 0.387 e. The van der Waals surface area contributed by atoms with Crippen LogP contribution in [-0.4, -0.2) is 65.7 Å². The van der Waals surface area contributed by atoms with Crippen LogP contribution in [-0.2, 0) is 0 Å². The van der Waals surface area contributed by atoms with Crippen molar-refractivity contribution in [3.05, 3.63) is 0 Å². The molecule has 4 unspecified atom stereocenters. The van der Waals surface area contributed by atoms with E-state index < -0.39 is 35.1 Å². The van der Waals surface area contributed by atoms with Crippen LogP contribution in [0.5, 0.6) is 0 Å². The molecule has 8 atom stereocenters. The van der Waals surface area contributed by atoms with Gasteiger partial charge in [-0.05, 0) is 0 Å². The molecule has 0 aromatic carbocycles. The van der Waals surface area contributed by atoms with Crippen LogP contribution in [0.3, 0.4) is 0 Å². The van der Waals surface area contributed by atoms with Crippen molar-refractivity contribution in [2.75, 3.05) is 0 Å². The number of rotatable bonds is 0. The minimum atomic E-state index is -2.17. The first-order valence-electron chi connectivity index (χ1n) is 3.88. The summed E-state index contributed by atoms with van der Waals surface area (Å²) in [5.41, 5.74) is 0. The van der Waals surface area contributed by atoms with Crippen molar-refractivity contribution in [3.63, 3.8) is 0 Å². The van der Waals surface area contributed by atoms with Crippen molar-refractivity contribution in [3.8, 4) is 0 Å². The van der Waals surface area contributed by atoms with E-state index in [9.17, 15) is 30.6 Å². The summed E-state index contributed by atoms with van der Waals surface area (Å²) < 4.78 is 0. The Bertz CT molecular complexity index is 210. The van der Waals surface area contributed by atoms with E-state index in [-0.39, 0.29) is 0 Å². The van der Waals surface area contributed by atoms with E-state index in [1.807, 2.05) is 0 Å². The van der Waals surface area contributed by atoms with Gasteiger partial charge in [0.05, 0.1) is 0 Å². The molecule has 0 aromatic heterocycles. The van der Waals surface area contributed by atoms with Gasteiger partial charge in [0.1, 0.15) is 35.1 Å². The number of hydrogen-bond acceptors (Lipinski definition) is 6. The molecular weight excluding hydrogens is 230 g/mol. The molecule has 0 heterocycles. The fourth-order valence-corrected chi connectivity index (χ4v) is 2.53. The summed E-state index contributed by atoms with van der Waals surface area (Å²) in [7, 11) is 3.47. The number of aliphatic hydroxyl groups is 6. The van der Waals surface area contributed by atoms with Crippen LogP contribution < -0.4 is 0 Å². The second kappa shape index (κ2) is 3.58. The Morgan fingerprint density at radius 1 is 0.786 bits per heavy atom. The lowest BCUT2D eigenvalue weighted by Crippen LogP contribution is -2.72. The average Bonchev–Trinajstić information content (AvgIpc) is 2.11. The molecule has 1 aliphatic rings. The maximum Gasteiger partial charge on any atom is 0.135 e. The zero-order valence-corrected chi connectivity index (χ0v) is 9.46. The quantitative estimate of drug-likeness (QED) is 0.247. The Kier molecular flexibility index (Phi) is 3.24. The van der Waals surface area contributed by atoms with E-state index in [4.69, 9.17) is 0 Å². The Morgan fingerprint density at radius 3 is 1.36 bits per heavy atom. The summed E-state index contributed by atoms with van der Waals surface area (Å²) in [6.07, 6.45) is -7.10. The molecule has 6 nitrogen and oxygen atoms in total. The smallest absolute Gasteiger partial charge is 0.135 e. The van der Waals surface area contributed by atoms with Crippen molar-refractivity contribution in [2.45, 2.75) is 35.1 Å². The lowest BCUT2D eigenvalue weighted by Gasteiger charge is -2.50. The molecule has 0 bridgehead atoms. The van der Waals surface area contributed by atoms with Crippen LogP contribution in [0.2, 0.25) is 0 Å². The Balaban J connectivity index is 3.09. The fraction of sp³-hybridized carbons (Fsp3) is 1.00. The van der Waals surface area contributed by atoms with E-state index in [0.717, 1.165) is 0 Å². The first kappa shape index (κ1) is 12.7. The van der Waals surface area contributed by atoms with Crippen molar-refractivity contribution in [1.82, 2.24) is 0 Å². The third-order valence-electron chi connectivity index (χ3n) is 2.47. The van der Waals surface area contributed by atoms with Gasteiger partial charge in [-0.15, -0.1) is 0 Å². The second-order valence-corrected chi connectivity index (χ2v) is 5.41. The van der Waals surface area contributed by atoms with E-state index in [1.54, 1.807) is 18.5 Å². The van der Waals surface area contributed by atoms with E-state index in [1.165, 1.54) is 0 Å². The minimum absolute atomic E-state index is 1.74. The van der Waals surface area contributed by atoms with Gasteiger partial charge in [0, 0.05) is 0 Å². The average molecular weight is 244 g/mol. The van der Waals surface area contributed by atoms with Gasteiger partial charge in [0.2, 0.25) is 0 Å². The Morgan fingerprint density at radius 2 is 1.07 bits per heavy atom. The highest BCUT2D eigenvalue weighted by molar-refractivity contribution is 7.20. The summed E-state index contributed by atoms with van der Waals surface area (Å²) in [4.78, 5) is 0. The van der Waals surface area contributed by atoms with Crippen molar-refractivity contribution >= 4 is 18.5 Å². The highest BCUT2D eigenvalue weighted by Crippen LogP contribution is 2.43. The molecule has 0 radical (unpaired) electrons. The Hall–Kier alpha value is 0.620. The van der Waals surface area contributed by atoms with Crippen LogP contribution in [0.25, 0.3) is 0 Å². The van der Waals surface area contributed by atoms with Crippen LogP contribution in [0.15, 0.2) is 0 Å². The van der Waals surface area contributed by atoms with Gasteiger partial charge in [-0.25, -0.2) is 0 Å². The molecule has 8 heteroatoms. The number of aliphatic hydroxyl groups excluding tert-OH is 4. The van der Waals surface area contributed by atoms with Gasteiger partial charge in [-0.3, -0.25) is 0 Å². The molecule has 6 N–H and O–H groups in total. The SMILES string of the molecule is OC1[C@H](O)[C@@](O)(P)C(O)[C@@](O)(P)[C@H]1O. The maximum atomic E-state index is 9.55. The molecule has 1 rings (SSSR count). The summed E-state index contributed by atoms with van der Waals surface area (Å²) in [6.45, 7) is 0. The molecule has 1 fully saturated rings. The first-order chi connectivity index (χ1) is 6.13. The topological polar surface area (TPSA) is 121 Å². The van der Waals surface area contributed by atoms with Gasteiger partial charge in [-0.2, -0.15) is 0 Å². The van der Waals surface area contributed by atoms with Gasteiger partial charge in [-0.1, -0.05) is 18.5 Å². The zero-order chi connectivity index (χ0) is 11.3. The predicted molar refractivity (Wildman–Crippen MR) is 53.3 cm³/mol. The monoisotopic (exact) mass is 244 g/mol. The maximum absolute atomic E-state index is 9.55. The van der Waals surface area contributed by atoms with Gasteiger partial charge >= 0.3 is 0 Å². The van der Waals surface area contributed by atoms with Gasteiger partial charge < -0.3 is 30.6 Å². The van der Waals surface area contributed by atoms with Crippen LogP contribution in [0.1, 0.15) is 0 Å². The van der Waals surface area contributed by atoms with Crippen molar-refractivity contribution in [2.24, 2.45) is 0 Å². The molecule has 14 heavy (non-hydrogen) atoms. The first-order valence-corrected chi connectivity index (χ1v) is 5.03. The third-order valence-corrected chi connectivity index (χ3v) is 3.79.